The van der Waals surface area contributed by atoms with Gasteiger partial charge in [0.25, 0.3) is 0 Å². The van der Waals surface area contributed by atoms with E-state index in [9.17, 15) is 14.9 Å². The number of benzene rings is 2. The van der Waals surface area contributed by atoms with Crippen molar-refractivity contribution in [2.75, 3.05) is 32.1 Å². The van der Waals surface area contributed by atoms with Crippen molar-refractivity contribution >= 4 is 35.1 Å². The second-order valence-electron chi connectivity index (χ2n) is 7.91. The lowest BCUT2D eigenvalue weighted by Crippen LogP contribution is -2.39. The van der Waals surface area contributed by atoms with Crippen molar-refractivity contribution in [2.45, 2.75) is 28.9 Å². The molecule has 0 spiro atoms. The third kappa shape index (κ3) is 6.94. The van der Waals surface area contributed by atoms with Gasteiger partial charge < -0.3 is 30.2 Å². The number of hydrogen-bond donors (Lipinski definition) is 4. The molecule has 0 saturated carbocycles. The van der Waals surface area contributed by atoms with Gasteiger partial charge in [-0.05, 0) is 50.3 Å². The Labute approximate surface area is 196 Å². The molecule has 33 heavy (non-hydrogen) atoms. The van der Waals surface area contributed by atoms with Crippen molar-refractivity contribution in [3.05, 3.63) is 48.0 Å². The summed E-state index contributed by atoms with van der Waals surface area (Å²) in [5.41, 5.74) is 3.11. The molecular formula is C23H27N3O6S. The molecule has 9 nitrogen and oxygen atoms in total. The van der Waals surface area contributed by atoms with Crippen LogP contribution in [0.3, 0.4) is 0 Å². The van der Waals surface area contributed by atoms with Crippen LogP contribution in [-0.2, 0) is 9.59 Å². The van der Waals surface area contributed by atoms with E-state index in [1.165, 1.54) is 15.5 Å². The first-order chi connectivity index (χ1) is 15.5. The fourth-order valence-electron chi connectivity index (χ4n) is 3.36. The van der Waals surface area contributed by atoms with Gasteiger partial charge in [0, 0.05) is 22.9 Å². The monoisotopic (exact) mass is 473 g/mol. The quantitative estimate of drug-likeness (QED) is 0.472. The Bertz CT molecular complexity index is 1020. The number of nitriles is 1. The van der Waals surface area contributed by atoms with E-state index in [0.717, 1.165) is 18.8 Å². The summed E-state index contributed by atoms with van der Waals surface area (Å²) in [5.74, 6) is -3.01. The number of rotatable bonds is 7. The van der Waals surface area contributed by atoms with E-state index in [1.54, 1.807) is 11.8 Å². The van der Waals surface area contributed by atoms with Crippen LogP contribution >= 0.6 is 11.8 Å². The summed E-state index contributed by atoms with van der Waals surface area (Å²) in [7, 11) is 4.22. The third-order valence-corrected chi connectivity index (χ3v) is 5.86. The van der Waals surface area contributed by atoms with E-state index < -0.39 is 24.1 Å². The lowest BCUT2D eigenvalue weighted by atomic mass is 10.1. The molecule has 0 bridgehead atoms. The van der Waals surface area contributed by atoms with Crippen molar-refractivity contribution < 1.29 is 30.0 Å². The highest BCUT2D eigenvalue weighted by Gasteiger charge is 2.29. The number of aliphatic carboxylic acids is 2. The number of carboxylic acids is 2. The first-order valence-corrected chi connectivity index (χ1v) is 10.9. The summed E-state index contributed by atoms with van der Waals surface area (Å²) in [6.45, 7) is 4.26. The molecular weight excluding hydrogens is 446 g/mol. The first kappa shape index (κ1) is 26.2. The van der Waals surface area contributed by atoms with Crippen LogP contribution in [0.1, 0.15) is 12.5 Å². The molecule has 176 valence electrons. The van der Waals surface area contributed by atoms with E-state index in [0.29, 0.717) is 11.5 Å². The Morgan fingerprint density at radius 3 is 2.15 bits per heavy atom. The number of para-hydroxylation sites is 1. The highest BCUT2D eigenvalue weighted by molar-refractivity contribution is 7.99. The summed E-state index contributed by atoms with van der Waals surface area (Å²) >= 11 is 1.78. The van der Waals surface area contributed by atoms with Gasteiger partial charge in [0.05, 0.1) is 23.0 Å². The number of aliphatic hydroxyl groups is 2. The second kappa shape index (κ2) is 11.7. The molecule has 1 aliphatic rings. The van der Waals surface area contributed by atoms with Crippen LogP contribution in [0.5, 0.6) is 0 Å². The minimum Gasteiger partial charge on any atom is -0.479 e. The predicted molar refractivity (Wildman–Crippen MR) is 124 cm³/mol. The summed E-state index contributed by atoms with van der Waals surface area (Å²) in [6.07, 6.45) is -4.53. The van der Waals surface area contributed by atoms with Crippen LogP contribution in [0.15, 0.2) is 52.3 Å². The Morgan fingerprint density at radius 2 is 1.61 bits per heavy atom. The van der Waals surface area contributed by atoms with E-state index in [4.69, 9.17) is 20.4 Å². The fraction of sp³-hybridized carbons (Fsp3) is 0.348. The van der Waals surface area contributed by atoms with Gasteiger partial charge in [-0.2, -0.15) is 5.26 Å². The normalized spacial score (nSPS) is 14.6. The van der Waals surface area contributed by atoms with Crippen LogP contribution in [-0.4, -0.2) is 76.7 Å². The van der Waals surface area contributed by atoms with Crippen LogP contribution in [0.4, 0.5) is 11.4 Å². The Hall–Kier alpha value is -3.10. The van der Waals surface area contributed by atoms with E-state index in [2.05, 4.69) is 67.2 Å². The molecule has 1 heterocycles. The lowest BCUT2D eigenvalue weighted by Gasteiger charge is -2.35. The van der Waals surface area contributed by atoms with Crippen LogP contribution in [0.2, 0.25) is 0 Å². The molecule has 1 aliphatic heterocycles. The van der Waals surface area contributed by atoms with Crippen molar-refractivity contribution in [2.24, 2.45) is 5.92 Å². The molecule has 4 N–H and O–H groups in total. The SMILES string of the molecule is CC(CN(C)C)CN1c2ccccc2Sc2ccc(C#N)cc21.O=C(O)[C@H](O)[C@@H](O)C(=O)O. The molecule has 0 saturated heterocycles. The molecule has 0 amide bonds. The number of carboxylic acid groups (broad SMARTS) is 2. The smallest absolute Gasteiger partial charge is 0.335 e. The number of carbonyl (C=O) groups is 2. The number of nitrogens with zero attached hydrogens (tertiary/aromatic N) is 3. The van der Waals surface area contributed by atoms with Gasteiger partial charge in [-0.3, -0.25) is 0 Å². The molecule has 0 radical (unpaired) electrons. The molecule has 2 aromatic carbocycles. The molecule has 2 aromatic rings. The van der Waals surface area contributed by atoms with Crippen LogP contribution in [0, 0.1) is 17.2 Å². The largest absolute Gasteiger partial charge is 0.479 e. The Kier molecular flexibility index (Phi) is 9.25. The molecule has 3 rings (SSSR count). The molecule has 0 fully saturated rings. The van der Waals surface area contributed by atoms with Crippen molar-refractivity contribution in [3.8, 4) is 6.07 Å². The van der Waals surface area contributed by atoms with Gasteiger partial charge in [-0.25, -0.2) is 9.59 Å². The average molecular weight is 474 g/mol. The maximum Gasteiger partial charge on any atom is 0.335 e. The van der Waals surface area contributed by atoms with Gasteiger partial charge in [-0.1, -0.05) is 30.8 Å². The van der Waals surface area contributed by atoms with Gasteiger partial charge in [0.15, 0.2) is 12.2 Å². The number of fused-ring (bicyclic) bond motifs is 2. The maximum absolute atomic E-state index is 9.77. The standard InChI is InChI=1S/C19H21N3S.C4H6O6/c1-14(12-21(2)3)13-22-16-6-4-5-7-18(16)23-19-9-8-15(11-20)10-17(19)22;5-1(3(7)8)2(6)4(9)10/h4-10,14H,12-13H2,1-3H3;1-2,5-6H,(H,7,8)(H,9,10)/t;1-,2-/m.1/s1. The lowest BCUT2D eigenvalue weighted by molar-refractivity contribution is -0.165. The van der Waals surface area contributed by atoms with Gasteiger partial charge >= 0.3 is 11.9 Å². The van der Waals surface area contributed by atoms with Crippen molar-refractivity contribution in [1.29, 1.82) is 5.26 Å². The zero-order valence-corrected chi connectivity index (χ0v) is 19.4. The van der Waals surface area contributed by atoms with E-state index >= 15 is 0 Å². The predicted octanol–water partition coefficient (Wildman–Crippen LogP) is 2.24. The number of hydrogen-bond acceptors (Lipinski definition) is 8. The highest BCUT2D eigenvalue weighted by atomic mass is 32.2. The molecule has 3 atom stereocenters. The number of aliphatic hydroxyl groups excluding tert-OH is 2. The summed E-state index contributed by atoms with van der Waals surface area (Å²) in [5, 5.41) is 41.8. The molecule has 0 aliphatic carbocycles. The third-order valence-electron chi connectivity index (χ3n) is 4.73. The minimum atomic E-state index is -2.27. The van der Waals surface area contributed by atoms with Crippen molar-refractivity contribution in [3.63, 3.8) is 0 Å². The van der Waals surface area contributed by atoms with Crippen LogP contribution < -0.4 is 4.90 Å². The highest BCUT2D eigenvalue weighted by Crippen LogP contribution is 2.48. The van der Waals surface area contributed by atoms with E-state index in [-0.39, 0.29) is 0 Å². The summed E-state index contributed by atoms with van der Waals surface area (Å²) < 4.78 is 0. The average Bonchev–Trinajstić information content (AvgIpc) is 2.77. The van der Waals surface area contributed by atoms with Gasteiger partial charge in [0.2, 0.25) is 0 Å². The minimum absolute atomic E-state index is 0.528. The van der Waals surface area contributed by atoms with E-state index in [1.807, 2.05) is 12.1 Å². The molecule has 10 heteroatoms. The Balaban J connectivity index is 0.000000328. The van der Waals surface area contributed by atoms with Crippen LogP contribution in [0.25, 0.3) is 0 Å². The fourth-order valence-corrected chi connectivity index (χ4v) is 4.43. The van der Waals surface area contributed by atoms with Crippen molar-refractivity contribution in [1.82, 2.24) is 4.90 Å². The molecule has 0 aromatic heterocycles. The maximum atomic E-state index is 9.77. The first-order valence-electron chi connectivity index (χ1n) is 10.1. The number of anilines is 2. The summed E-state index contributed by atoms with van der Waals surface area (Å²) in [4.78, 5) is 26.6. The Morgan fingerprint density at radius 1 is 1.03 bits per heavy atom. The van der Waals surface area contributed by atoms with Gasteiger partial charge in [0.1, 0.15) is 0 Å². The van der Waals surface area contributed by atoms with Gasteiger partial charge in [-0.15, -0.1) is 0 Å². The second-order valence-corrected chi connectivity index (χ2v) is 8.99. The topological polar surface area (TPSA) is 145 Å². The zero-order valence-electron chi connectivity index (χ0n) is 18.5. The zero-order chi connectivity index (χ0) is 24.7. The summed E-state index contributed by atoms with van der Waals surface area (Å²) in [6, 6.07) is 16.8. The molecule has 1 unspecified atom stereocenters.